The van der Waals surface area contributed by atoms with Gasteiger partial charge in [-0.15, -0.1) is 0 Å². The van der Waals surface area contributed by atoms with Crippen molar-refractivity contribution in [3.05, 3.63) is 89.0 Å². The highest BCUT2D eigenvalue weighted by atomic mass is 16.5. The Morgan fingerprint density at radius 1 is 0.929 bits per heavy atom. The van der Waals surface area contributed by atoms with Crippen LogP contribution in [0.25, 0.3) is 0 Å². The molecule has 3 aromatic carbocycles. The third kappa shape index (κ3) is 9.64. The molecule has 0 aliphatic heterocycles. The molecule has 0 radical (unpaired) electrons. The van der Waals surface area contributed by atoms with Gasteiger partial charge in [0.25, 0.3) is 0 Å². The summed E-state index contributed by atoms with van der Waals surface area (Å²) in [6, 6.07) is 21.4. The van der Waals surface area contributed by atoms with Crippen LogP contribution in [0.1, 0.15) is 107 Å². The van der Waals surface area contributed by atoms with Crippen LogP contribution < -0.4 is 14.8 Å². The van der Waals surface area contributed by atoms with Crippen LogP contribution in [0, 0.1) is 0 Å². The number of anilines is 1. The smallest absolute Gasteiger partial charge is 0.337 e. The molecule has 3 rings (SSSR count). The van der Waals surface area contributed by atoms with Crippen LogP contribution in [0.2, 0.25) is 0 Å². The van der Waals surface area contributed by atoms with E-state index in [2.05, 4.69) is 33.0 Å². The van der Waals surface area contributed by atoms with E-state index in [0.29, 0.717) is 17.9 Å². The molecule has 1 amide bonds. The first-order valence-corrected chi connectivity index (χ1v) is 15.0. The van der Waals surface area contributed by atoms with E-state index in [9.17, 15) is 9.59 Å². The Balaban J connectivity index is 1.89. The van der Waals surface area contributed by atoms with Gasteiger partial charge in [-0.25, -0.2) is 4.79 Å². The molecule has 0 saturated carbocycles. The predicted octanol–water partition coefficient (Wildman–Crippen LogP) is 8.83. The number of rotatable bonds is 14. The molecule has 3 aromatic rings. The fourth-order valence-electron chi connectivity index (χ4n) is 5.02. The maximum atomic E-state index is 13.6. The lowest BCUT2D eigenvalue weighted by Crippen LogP contribution is -2.21. The Morgan fingerprint density at radius 3 is 2.31 bits per heavy atom. The van der Waals surface area contributed by atoms with Gasteiger partial charge in [0.2, 0.25) is 5.91 Å². The first-order valence-electron chi connectivity index (χ1n) is 15.0. The minimum absolute atomic E-state index is 0.0337. The molecule has 1 unspecified atom stereocenters. The topological polar surface area (TPSA) is 73.9 Å². The summed E-state index contributed by atoms with van der Waals surface area (Å²) in [6.45, 7) is 12.9. The van der Waals surface area contributed by atoms with Crippen LogP contribution in [0.5, 0.6) is 11.5 Å². The molecule has 42 heavy (non-hydrogen) atoms. The lowest BCUT2D eigenvalue weighted by atomic mass is 9.85. The van der Waals surface area contributed by atoms with Gasteiger partial charge in [-0.3, -0.25) is 4.79 Å². The molecule has 0 heterocycles. The number of hydrogen-bond acceptors (Lipinski definition) is 5. The highest BCUT2D eigenvalue weighted by Crippen LogP contribution is 2.37. The summed E-state index contributed by atoms with van der Waals surface area (Å²) in [5.41, 5.74) is 3.85. The SMILES string of the molecule is CCCCCC(CC(=O)Nc1cc(C(=O)OC)ccc1C(C)(C)C)c1ccc(OCc2ccccc2)cc1OC(C)C. The van der Waals surface area contributed by atoms with Gasteiger partial charge < -0.3 is 19.5 Å². The van der Waals surface area contributed by atoms with E-state index in [-0.39, 0.29) is 29.8 Å². The average Bonchev–Trinajstić information content (AvgIpc) is 2.95. The number of methoxy groups -OCH3 is 1. The molecule has 0 bridgehead atoms. The summed E-state index contributed by atoms with van der Waals surface area (Å²) in [5, 5.41) is 3.12. The molecule has 6 heteroatoms. The quantitative estimate of drug-likeness (QED) is 0.154. The molecule has 1 atom stereocenters. The van der Waals surface area contributed by atoms with Crippen molar-refractivity contribution in [3.63, 3.8) is 0 Å². The number of carbonyl (C=O) groups is 2. The van der Waals surface area contributed by atoms with Crippen molar-refractivity contribution in [1.82, 2.24) is 0 Å². The minimum atomic E-state index is -0.437. The average molecular weight is 574 g/mol. The number of nitrogens with one attached hydrogen (secondary N) is 1. The fourth-order valence-corrected chi connectivity index (χ4v) is 5.02. The number of carbonyl (C=O) groups excluding carboxylic acids is 2. The third-order valence-electron chi connectivity index (χ3n) is 7.15. The molecule has 0 fully saturated rings. The van der Waals surface area contributed by atoms with E-state index in [0.717, 1.165) is 53.9 Å². The summed E-state index contributed by atoms with van der Waals surface area (Å²) in [7, 11) is 1.36. The van der Waals surface area contributed by atoms with E-state index >= 15 is 0 Å². The number of benzene rings is 3. The van der Waals surface area contributed by atoms with Gasteiger partial charge in [0, 0.05) is 18.2 Å². The summed E-state index contributed by atoms with van der Waals surface area (Å²) in [5.74, 6) is 0.880. The third-order valence-corrected chi connectivity index (χ3v) is 7.15. The van der Waals surface area contributed by atoms with Crippen molar-refractivity contribution >= 4 is 17.6 Å². The van der Waals surface area contributed by atoms with E-state index in [1.165, 1.54) is 7.11 Å². The lowest BCUT2D eigenvalue weighted by Gasteiger charge is -2.25. The van der Waals surface area contributed by atoms with Gasteiger partial charge >= 0.3 is 5.97 Å². The Kier molecular flexibility index (Phi) is 12.0. The number of hydrogen-bond donors (Lipinski definition) is 1. The maximum absolute atomic E-state index is 13.6. The van der Waals surface area contributed by atoms with E-state index < -0.39 is 5.97 Å². The number of unbranched alkanes of at least 4 members (excludes halogenated alkanes) is 2. The number of amides is 1. The fraction of sp³-hybridized carbons (Fsp3) is 0.444. The monoisotopic (exact) mass is 573 g/mol. The Labute approximate surface area is 251 Å². The second kappa shape index (κ2) is 15.4. The molecule has 0 saturated heterocycles. The van der Waals surface area contributed by atoms with Crippen molar-refractivity contribution in [3.8, 4) is 11.5 Å². The Bertz CT molecular complexity index is 1310. The molecule has 0 spiro atoms. The second-order valence-electron chi connectivity index (χ2n) is 12.1. The van der Waals surface area contributed by atoms with Crippen LogP contribution in [0.3, 0.4) is 0 Å². The molecule has 226 valence electrons. The molecule has 0 aliphatic carbocycles. The van der Waals surface area contributed by atoms with Crippen molar-refractivity contribution in [2.45, 2.75) is 97.7 Å². The van der Waals surface area contributed by atoms with Crippen LogP contribution in [-0.2, 0) is 21.6 Å². The van der Waals surface area contributed by atoms with Gasteiger partial charge in [0.05, 0.1) is 18.8 Å². The van der Waals surface area contributed by atoms with Crippen molar-refractivity contribution < 1.29 is 23.8 Å². The van der Waals surface area contributed by atoms with Crippen molar-refractivity contribution in [2.24, 2.45) is 0 Å². The molecule has 0 aromatic heterocycles. The first-order chi connectivity index (χ1) is 20.0. The summed E-state index contributed by atoms with van der Waals surface area (Å²) >= 11 is 0. The van der Waals surface area contributed by atoms with Gasteiger partial charge in [-0.2, -0.15) is 0 Å². The van der Waals surface area contributed by atoms with Crippen LogP contribution in [0.15, 0.2) is 66.7 Å². The standard InChI is InChI=1S/C36H47NO5/c1-8-9-11-16-27(22-34(38)37-32-21-28(35(39)40-7)17-20-31(32)36(4,5)6)30-19-18-29(23-33(30)42-25(2)3)41-24-26-14-12-10-13-15-26/h10,12-15,17-21,23,25,27H,8-9,11,16,22,24H2,1-7H3,(H,37,38). The number of ether oxygens (including phenoxy) is 3. The van der Waals surface area contributed by atoms with Crippen LogP contribution >= 0.6 is 0 Å². The van der Waals surface area contributed by atoms with Crippen molar-refractivity contribution in [1.29, 1.82) is 0 Å². The molecule has 1 N–H and O–H groups in total. The second-order valence-corrected chi connectivity index (χ2v) is 12.1. The van der Waals surface area contributed by atoms with Gasteiger partial charge in [0.1, 0.15) is 18.1 Å². The number of esters is 1. The van der Waals surface area contributed by atoms with Gasteiger partial charge in [0.15, 0.2) is 0 Å². The largest absolute Gasteiger partial charge is 0.491 e. The molecular weight excluding hydrogens is 526 g/mol. The van der Waals surface area contributed by atoms with Crippen molar-refractivity contribution in [2.75, 3.05) is 12.4 Å². The van der Waals surface area contributed by atoms with Gasteiger partial charge in [-0.1, -0.05) is 89.4 Å². The van der Waals surface area contributed by atoms with E-state index in [1.807, 2.05) is 68.4 Å². The minimum Gasteiger partial charge on any atom is -0.491 e. The Morgan fingerprint density at radius 2 is 1.67 bits per heavy atom. The zero-order valence-corrected chi connectivity index (χ0v) is 26.3. The lowest BCUT2D eigenvalue weighted by molar-refractivity contribution is -0.116. The summed E-state index contributed by atoms with van der Waals surface area (Å²) in [4.78, 5) is 25.9. The zero-order valence-electron chi connectivity index (χ0n) is 26.3. The summed E-state index contributed by atoms with van der Waals surface area (Å²) < 4.78 is 17.3. The molecule has 6 nitrogen and oxygen atoms in total. The van der Waals surface area contributed by atoms with E-state index in [1.54, 1.807) is 12.1 Å². The zero-order chi connectivity index (χ0) is 30.7. The highest BCUT2D eigenvalue weighted by molar-refractivity contribution is 5.96. The maximum Gasteiger partial charge on any atom is 0.337 e. The first kappa shape index (κ1) is 32.7. The molecular formula is C36H47NO5. The van der Waals surface area contributed by atoms with Crippen LogP contribution in [0.4, 0.5) is 5.69 Å². The van der Waals surface area contributed by atoms with Gasteiger partial charge in [-0.05, 0) is 66.5 Å². The predicted molar refractivity (Wildman–Crippen MR) is 170 cm³/mol. The van der Waals surface area contributed by atoms with Crippen LogP contribution in [-0.4, -0.2) is 25.1 Å². The van der Waals surface area contributed by atoms with E-state index in [4.69, 9.17) is 14.2 Å². The molecule has 0 aliphatic rings. The normalized spacial score (nSPS) is 12.1. The highest BCUT2D eigenvalue weighted by Gasteiger charge is 2.24. The Hall–Kier alpha value is -3.80. The summed E-state index contributed by atoms with van der Waals surface area (Å²) in [6.07, 6.45) is 4.30.